The molecule has 3 heterocycles. The summed E-state index contributed by atoms with van der Waals surface area (Å²) in [5.74, 6) is 1.23. The number of carboxylic acids is 1. The van der Waals surface area contributed by atoms with Gasteiger partial charge in [-0.1, -0.05) is 229 Å². The first-order valence-electron chi connectivity index (χ1n) is 32.3. The van der Waals surface area contributed by atoms with Gasteiger partial charge in [-0.25, -0.2) is 4.79 Å². The van der Waals surface area contributed by atoms with E-state index in [0.29, 0.717) is 11.8 Å². The average Bonchev–Trinajstić information content (AvgIpc) is 1.74. The summed E-state index contributed by atoms with van der Waals surface area (Å²) < 4.78 is 19.2. The number of nitrogens with zero attached hydrogens (tertiary/aromatic N) is 3. The second-order valence-electron chi connectivity index (χ2n) is 24.3. The van der Waals surface area contributed by atoms with E-state index in [1.807, 2.05) is 23.5 Å². The molecule has 11 aromatic rings. The molecule has 0 aliphatic carbocycles. The summed E-state index contributed by atoms with van der Waals surface area (Å²) in [4.78, 5) is 14.1. The van der Waals surface area contributed by atoms with Crippen LogP contribution in [-0.2, 0) is 6.54 Å². The van der Waals surface area contributed by atoms with Gasteiger partial charge in [0.2, 0.25) is 0 Å². The van der Waals surface area contributed by atoms with Crippen molar-refractivity contribution in [2.75, 3.05) is 6.61 Å². The Bertz CT molecular complexity index is 3850. The molecule has 0 amide bonds. The molecule has 0 radical (unpaired) electrons. The van der Waals surface area contributed by atoms with E-state index in [9.17, 15) is 9.90 Å². The van der Waals surface area contributed by atoms with Gasteiger partial charge >= 0.3 is 5.97 Å². The Kier molecular flexibility index (Phi) is 19.7. The molecule has 0 fully saturated rings. The zero-order valence-electron chi connectivity index (χ0n) is 50.0. The summed E-state index contributed by atoms with van der Waals surface area (Å²) in [6.07, 6.45) is 31.4. The van der Waals surface area contributed by atoms with E-state index in [1.165, 1.54) is 242 Å². The maximum atomic E-state index is 11.7. The molecule has 432 valence electrons. The number of ether oxygens (including phenoxy) is 1. The Labute approximate surface area is 501 Å². The molecule has 0 saturated heterocycles. The van der Waals surface area contributed by atoms with Crippen molar-refractivity contribution in [2.24, 2.45) is 11.8 Å². The highest BCUT2D eigenvalue weighted by Crippen LogP contribution is 2.52. The summed E-state index contributed by atoms with van der Waals surface area (Å²) in [5.41, 5.74) is 11.4. The molecule has 3 aromatic heterocycles. The van der Waals surface area contributed by atoms with Crippen molar-refractivity contribution >= 4 is 94.2 Å². The van der Waals surface area contributed by atoms with Crippen LogP contribution in [0, 0.1) is 11.8 Å². The quantitative estimate of drug-likeness (QED) is 0.0247. The van der Waals surface area contributed by atoms with Crippen LogP contribution < -0.4 is 4.74 Å². The van der Waals surface area contributed by atoms with Crippen LogP contribution in [0.4, 0.5) is 0 Å². The van der Waals surface area contributed by atoms with Crippen molar-refractivity contribution in [3.8, 4) is 48.9 Å². The minimum atomic E-state index is -0.933. The maximum Gasteiger partial charge on any atom is 0.335 e. The molecule has 2 unspecified atom stereocenters. The van der Waals surface area contributed by atoms with Crippen LogP contribution >= 0.6 is 23.1 Å². The number of fused-ring (bicyclic) bond motifs is 2. The second kappa shape index (κ2) is 28.0. The third-order valence-electron chi connectivity index (χ3n) is 18.4. The standard InChI is InChI=1S/C75H87N3O3S2/c1-5-9-13-17-19-23-28-51(27-21-15-11-7-3)49-78-65-47-63(54-39-41-56(42-40-54)81-50-52(29-22-16-12-8-4)30-24-20-18-14-10-6-2)60-33-25-31-58-59-32-26-34-61-64(48-66(78)72(70(59)61)71(65)69(58)60)68-46-45-67(82-68)62-44-43-57(73-74(62)77-83-76-73)53-35-37-55(38-36-53)75(79)80/h25-26,31-48,51-52H,5-24,27-30,49-50H2,1-4H3,(H,79,80). The van der Waals surface area contributed by atoms with Gasteiger partial charge in [-0.15, -0.1) is 11.3 Å². The highest BCUT2D eigenvalue weighted by molar-refractivity contribution is 7.19. The van der Waals surface area contributed by atoms with E-state index >= 15 is 0 Å². The number of hydrogen-bond acceptors (Lipinski definition) is 6. The van der Waals surface area contributed by atoms with Crippen molar-refractivity contribution in [1.82, 2.24) is 13.3 Å². The maximum absolute atomic E-state index is 11.7. The summed E-state index contributed by atoms with van der Waals surface area (Å²) >= 11 is 3.06. The molecular formula is C75H87N3O3S2. The number of aromatic nitrogens is 3. The van der Waals surface area contributed by atoms with Gasteiger partial charge in [-0.2, -0.15) is 8.75 Å². The Hall–Kier alpha value is -6.35. The number of aromatic carboxylic acids is 1. The molecule has 1 N–H and O–H groups in total. The lowest BCUT2D eigenvalue weighted by molar-refractivity contribution is 0.0697. The monoisotopic (exact) mass is 1140 g/mol. The fraction of sp³-hybridized carbons (Fsp3) is 0.427. The predicted octanol–water partition coefficient (Wildman–Crippen LogP) is 23.6. The molecule has 0 aliphatic rings. The molecular weight excluding hydrogens is 1050 g/mol. The Morgan fingerprint density at radius 1 is 0.470 bits per heavy atom. The average molecular weight is 1140 g/mol. The van der Waals surface area contributed by atoms with E-state index in [-0.39, 0.29) is 5.56 Å². The first-order chi connectivity index (χ1) is 40.9. The SMILES string of the molecule is CCCCCCCCC(CCCCCC)COc1ccc(-c2cc3c4c5c2cccc5c2cccc5c(-c6ccc(-c7ccc(-c8ccc(C(=O)O)cc8)c8nsnc78)s6)cc(c4c52)n3CC(CCCCCC)CCCCCCCC)cc1. The number of carboxylic acid groups (broad SMARTS) is 1. The second-order valence-corrected chi connectivity index (χ2v) is 25.9. The van der Waals surface area contributed by atoms with Crippen LogP contribution in [0.5, 0.6) is 5.75 Å². The molecule has 0 spiro atoms. The zero-order valence-corrected chi connectivity index (χ0v) is 51.6. The lowest BCUT2D eigenvalue weighted by atomic mass is 9.86. The van der Waals surface area contributed by atoms with Crippen LogP contribution in [-0.4, -0.2) is 31.0 Å². The molecule has 8 heteroatoms. The zero-order chi connectivity index (χ0) is 57.1. The number of carbonyl (C=O) groups is 1. The number of rotatable bonds is 34. The number of benzene rings is 8. The lowest BCUT2D eigenvalue weighted by Crippen LogP contribution is -2.12. The van der Waals surface area contributed by atoms with Crippen molar-refractivity contribution in [3.05, 3.63) is 127 Å². The summed E-state index contributed by atoms with van der Waals surface area (Å²) in [7, 11) is 0. The van der Waals surface area contributed by atoms with Crippen molar-refractivity contribution < 1.29 is 14.6 Å². The molecule has 0 bridgehead atoms. The van der Waals surface area contributed by atoms with E-state index in [4.69, 9.17) is 13.5 Å². The van der Waals surface area contributed by atoms with Crippen LogP contribution in [0.15, 0.2) is 121 Å². The van der Waals surface area contributed by atoms with Gasteiger partial charge in [-0.3, -0.25) is 0 Å². The third kappa shape index (κ3) is 12.9. The normalized spacial score (nSPS) is 12.9. The Morgan fingerprint density at radius 2 is 0.916 bits per heavy atom. The first kappa shape index (κ1) is 58.4. The van der Waals surface area contributed by atoms with Gasteiger partial charge < -0.3 is 14.4 Å². The number of thiophene rings is 1. The molecule has 83 heavy (non-hydrogen) atoms. The summed E-state index contributed by atoms with van der Waals surface area (Å²) in [6.45, 7) is 11.1. The Morgan fingerprint density at radius 3 is 1.48 bits per heavy atom. The van der Waals surface area contributed by atoms with Crippen molar-refractivity contribution in [3.63, 3.8) is 0 Å². The van der Waals surface area contributed by atoms with Gasteiger partial charge in [0.15, 0.2) is 0 Å². The van der Waals surface area contributed by atoms with Gasteiger partial charge in [0, 0.05) is 54.5 Å². The number of hydrogen-bond donors (Lipinski definition) is 1. The molecule has 2 atom stereocenters. The first-order valence-corrected chi connectivity index (χ1v) is 33.8. The van der Waals surface area contributed by atoms with E-state index in [1.54, 1.807) is 12.1 Å². The highest BCUT2D eigenvalue weighted by Gasteiger charge is 2.27. The van der Waals surface area contributed by atoms with Crippen LogP contribution in [0.2, 0.25) is 0 Å². The largest absolute Gasteiger partial charge is 0.493 e. The molecule has 0 aliphatic heterocycles. The van der Waals surface area contributed by atoms with Crippen molar-refractivity contribution in [2.45, 2.75) is 188 Å². The minimum absolute atomic E-state index is 0.267. The molecule has 6 nitrogen and oxygen atoms in total. The number of unbranched alkanes of at least 4 members (excludes halogenated alkanes) is 16. The summed E-state index contributed by atoms with van der Waals surface area (Å²) in [6, 6.07) is 44.3. The van der Waals surface area contributed by atoms with Gasteiger partial charge in [-0.05, 0) is 124 Å². The van der Waals surface area contributed by atoms with Crippen LogP contribution in [0.1, 0.15) is 192 Å². The predicted molar refractivity (Wildman–Crippen MR) is 358 cm³/mol. The third-order valence-corrected chi connectivity index (χ3v) is 20.0. The van der Waals surface area contributed by atoms with Crippen molar-refractivity contribution in [1.29, 1.82) is 0 Å². The minimum Gasteiger partial charge on any atom is -0.493 e. The summed E-state index contributed by atoms with van der Waals surface area (Å²) in [5, 5.41) is 20.4. The van der Waals surface area contributed by atoms with Gasteiger partial charge in [0.25, 0.3) is 0 Å². The van der Waals surface area contributed by atoms with Crippen LogP contribution in [0.25, 0.3) is 108 Å². The fourth-order valence-electron chi connectivity index (χ4n) is 13.8. The van der Waals surface area contributed by atoms with Gasteiger partial charge in [0.05, 0.1) is 34.9 Å². The fourth-order valence-corrected chi connectivity index (χ4v) is 15.4. The lowest BCUT2D eigenvalue weighted by Gasteiger charge is -2.20. The topological polar surface area (TPSA) is 77.2 Å². The molecule has 11 rings (SSSR count). The Balaban J connectivity index is 0.998. The van der Waals surface area contributed by atoms with E-state index in [2.05, 4.69) is 129 Å². The molecule has 8 aromatic carbocycles. The van der Waals surface area contributed by atoms with E-state index in [0.717, 1.165) is 51.5 Å². The van der Waals surface area contributed by atoms with E-state index < -0.39 is 5.97 Å². The smallest absolute Gasteiger partial charge is 0.335 e. The molecule has 0 saturated carbocycles. The van der Waals surface area contributed by atoms with Gasteiger partial charge in [0.1, 0.15) is 16.8 Å². The highest BCUT2D eigenvalue weighted by atomic mass is 32.1. The van der Waals surface area contributed by atoms with Crippen LogP contribution in [0.3, 0.4) is 0 Å².